The fraction of sp³-hybridized carbons (Fsp3) is 0.286. The molecular formula is C7H6Cl3N3O3. The Morgan fingerprint density at radius 1 is 1.38 bits per heavy atom. The van der Waals surface area contributed by atoms with Crippen LogP contribution in [0.1, 0.15) is 6.17 Å². The number of aromatic amines is 1. The lowest BCUT2D eigenvalue weighted by atomic mass is 10.5. The number of nitrogens with zero attached hydrogens (tertiary/aromatic N) is 1. The molecule has 0 spiro atoms. The second-order valence-corrected chi connectivity index (χ2v) is 5.12. The van der Waals surface area contributed by atoms with Crippen LogP contribution >= 0.6 is 34.8 Å². The Hall–Kier alpha value is -0.980. The second-order valence-electron chi connectivity index (χ2n) is 2.75. The molecule has 0 fully saturated rings. The van der Waals surface area contributed by atoms with Crippen LogP contribution in [-0.2, 0) is 4.79 Å². The third-order valence-electron chi connectivity index (χ3n) is 1.64. The number of H-pyrrole nitrogens is 1. The van der Waals surface area contributed by atoms with Gasteiger partial charge in [-0.05, 0) is 0 Å². The third-order valence-corrected chi connectivity index (χ3v) is 2.26. The Morgan fingerprint density at radius 3 is 2.50 bits per heavy atom. The maximum atomic E-state index is 11.4. The number of aromatic nitrogens is 2. The fourth-order valence-corrected chi connectivity index (χ4v) is 1.49. The molecular weight excluding hydrogens is 280 g/mol. The van der Waals surface area contributed by atoms with E-state index in [4.69, 9.17) is 34.8 Å². The van der Waals surface area contributed by atoms with E-state index in [-0.39, 0.29) is 6.41 Å². The molecule has 1 rings (SSSR count). The van der Waals surface area contributed by atoms with Gasteiger partial charge in [0.05, 0.1) is 0 Å². The highest BCUT2D eigenvalue weighted by molar-refractivity contribution is 6.67. The minimum Gasteiger partial charge on any atom is -0.333 e. The van der Waals surface area contributed by atoms with Gasteiger partial charge in [-0.3, -0.25) is 19.5 Å². The summed E-state index contributed by atoms with van der Waals surface area (Å²) in [6.07, 6.45) is -1.04. The van der Waals surface area contributed by atoms with Gasteiger partial charge in [-0.2, -0.15) is 0 Å². The second kappa shape index (κ2) is 4.90. The molecule has 0 saturated carbocycles. The Kier molecular flexibility index (Phi) is 4.01. The number of hydrogen-bond acceptors (Lipinski definition) is 3. The van der Waals surface area contributed by atoms with E-state index in [2.05, 4.69) is 10.4 Å². The van der Waals surface area contributed by atoms with Gasteiger partial charge in [-0.15, -0.1) is 0 Å². The maximum absolute atomic E-state index is 11.4. The van der Waals surface area contributed by atoms with Gasteiger partial charge >= 0.3 is 0 Å². The van der Waals surface area contributed by atoms with Gasteiger partial charge in [0.1, 0.15) is 0 Å². The number of amides is 1. The molecule has 16 heavy (non-hydrogen) atoms. The highest BCUT2D eigenvalue weighted by atomic mass is 35.6. The van der Waals surface area contributed by atoms with E-state index in [9.17, 15) is 14.4 Å². The molecule has 0 aromatic carbocycles. The predicted molar refractivity (Wildman–Crippen MR) is 59.8 cm³/mol. The van der Waals surface area contributed by atoms with Gasteiger partial charge in [0.25, 0.3) is 11.1 Å². The summed E-state index contributed by atoms with van der Waals surface area (Å²) in [6.45, 7) is 0. The number of carbonyl (C=O) groups is 1. The molecule has 0 aliphatic heterocycles. The van der Waals surface area contributed by atoms with Gasteiger partial charge in [-0.1, -0.05) is 34.8 Å². The first-order valence-electron chi connectivity index (χ1n) is 3.94. The number of hydrogen-bond donors (Lipinski definition) is 2. The molecule has 88 valence electrons. The Balaban J connectivity index is 3.31. The van der Waals surface area contributed by atoms with Crippen molar-refractivity contribution in [1.82, 2.24) is 15.1 Å². The highest BCUT2D eigenvalue weighted by Crippen LogP contribution is 2.35. The van der Waals surface area contributed by atoms with Crippen molar-refractivity contribution in [2.75, 3.05) is 0 Å². The number of rotatable bonds is 3. The average Bonchev–Trinajstić information content (AvgIpc) is 2.17. The SMILES string of the molecule is O=CNC(n1[nH]c(=O)ccc1=O)C(Cl)(Cl)Cl. The third kappa shape index (κ3) is 3.01. The van der Waals surface area contributed by atoms with Crippen LogP contribution in [0.3, 0.4) is 0 Å². The van der Waals surface area contributed by atoms with Crippen LogP contribution in [-0.4, -0.2) is 20.0 Å². The zero-order chi connectivity index (χ0) is 12.3. The van der Waals surface area contributed by atoms with Gasteiger partial charge in [0, 0.05) is 12.1 Å². The van der Waals surface area contributed by atoms with Crippen LogP contribution < -0.4 is 16.4 Å². The van der Waals surface area contributed by atoms with Crippen molar-refractivity contribution in [3.05, 3.63) is 32.8 Å². The van der Waals surface area contributed by atoms with E-state index in [1.807, 2.05) is 0 Å². The molecule has 1 aromatic heterocycles. The minimum atomic E-state index is -1.98. The molecule has 1 unspecified atom stereocenters. The van der Waals surface area contributed by atoms with E-state index >= 15 is 0 Å². The summed E-state index contributed by atoms with van der Waals surface area (Å²) in [6, 6.07) is 2.02. The smallest absolute Gasteiger partial charge is 0.267 e. The Labute approximate surface area is 104 Å². The molecule has 1 aromatic rings. The van der Waals surface area contributed by atoms with E-state index in [0.717, 1.165) is 16.8 Å². The molecule has 2 N–H and O–H groups in total. The summed E-state index contributed by atoms with van der Waals surface area (Å²) >= 11 is 16.7. The van der Waals surface area contributed by atoms with E-state index in [0.29, 0.717) is 0 Å². The number of carbonyl (C=O) groups excluding carboxylic acids is 1. The quantitative estimate of drug-likeness (QED) is 0.613. The highest BCUT2D eigenvalue weighted by Gasteiger charge is 2.35. The van der Waals surface area contributed by atoms with Crippen molar-refractivity contribution < 1.29 is 4.79 Å². The largest absolute Gasteiger partial charge is 0.333 e. The minimum absolute atomic E-state index is 0.254. The van der Waals surface area contributed by atoms with Gasteiger partial charge in [0.2, 0.25) is 10.2 Å². The van der Waals surface area contributed by atoms with Crippen LogP contribution in [0.4, 0.5) is 0 Å². The molecule has 0 saturated heterocycles. The predicted octanol–water partition coefficient (Wildman–Crippen LogP) is 0.151. The lowest BCUT2D eigenvalue weighted by Crippen LogP contribution is -2.44. The standard InChI is InChI=1S/C7H6Cl3N3O3/c8-7(9,10)6(11-3-14)13-5(16)2-1-4(15)12-13/h1-3,6H,(H,11,14)(H,12,15). The van der Waals surface area contributed by atoms with Gasteiger partial charge < -0.3 is 5.32 Å². The normalized spacial score (nSPS) is 13.2. The first kappa shape index (κ1) is 13.1. The summed E-state index contributed by atoms with van der Waals surface area (Å²) in [5, 5.41) is 4.26. The van der Waals surface area contributed by atoms with Crippen LogP contribution in [0.2, 0.25) is 0 Å². The zero-order valence-electron chi connectivity index (χ0n) is 7.62. The van der Waals surface area contributed by atoms with E-state index in [1.54, 1.807) is 0 Å². The van der Waals surface area contributed by atoms with Crippen LogP contribution in [0, 0.1) is 0 Å². The van der Waals surface area contributed by atoms with E-state index < -0.39 is 21.1 Å². The Morgan fingerprint density at radius 2 is 2.00 bits per heavy atom. The van der Waals surface area contributed by atoms with Crippen molar-refractivity contribution in [3.8, 4) is 0 Å². The van der Waals surface area contributed by atoms with Crippen molar-refractivity contribution in [2.45, 2.75) is 9.96 Å². The Bertz CT molecular complexity index is 490. The van der Waals surface area contributed by atoms with Crippen LogP contribution in [0.15, 0.2) is 21.7 Å². The maximum Gasteiger partial charge on any atom is 0.267 e. The molecule has 0 bridgehead atoms. The van der Waals surface area contributed by atoms with Crippen LogP contribution in [0.5, 0.6) is 0 Å². The molecule has 0 aliphatic rings. The molecule has 9 heteroatoms. The van der Waals surface area contributed by atoms with Gasteiger partial charge in [0.15, 0.2) is 6.17 Å². The van der Waals surface area contributed by atoms with Crippen molar-refractivity contribution in [3.63, 3.8) is 0 Å². The first-order valence-corrected chi connectivity index (χ1v) is 5.08. The molecule has 1 heterocycles. The summed E-state index contributed by atoms with van der Waals surface area (Å²) < 4.78 is -1.25. The number of alkyl halides is 3. The number of halogens is 3. The summed E-state index contributed by atoms with van der Waals surface area (Å²) in [5.41, 5.74) is -1.18. The lowest BCUT2D eigenvalue weighted by molar-refractivity contribution is -0.110. The molecule has 6 nitrogen and oxygen atoms in total. The van der Waals surface area contributed by atoms with Crippen molar-refractivity contribution >= 4 is 41.2 Å². The molecule has 1 amide bonds. The zero-order valence-corrected chi connectivity index (χ0v) is 9.88. The first-order chi connectivity index (χ1) is 7.36. The topological polar surface area (TPSA) is 84.0 Å². The van der Waals surface area contributed by atoms with Crippen molar-refractivity contribution in [1.29, 1.82) is 0 Å². The average molecular weight is 287 g/mol. The lowest BCUT2D eigenvalue weighted by Gasteiger charge is -2.24. The fourth-order valence-electron chi connectivity index (χ4n) is 1.01. The van der Waals surface area contributed by atoms with Crippen LogP contribution in [0.25, 0.3) is 0 Å². The summed E-state index contributed by atoms with van der Waals surface area (Å²) in [4.78, 5) is 32.7. The monoisotopic (exact) mass is 285 g/mol. The molecule has 0 aliphatic carbocycles. The van der Waals surface area contributed by atoms with E-state index in [1.165, 1.54) is 0 Å². The summed E-state index contributed by atoms with van der Waals surface area (Å²) in [5.74, 6) is 0. The summed E-state index contributed by atoms with van der Waals surface area (Å²) in [7, 11) is 0. The molecule has 1 atom stereocenters. The molecule has 0 radical (unpaired) electrons. The number of nitrogens with one attached hydrogen (secondary N) is 2. The van der Waals surface area contributed by atoms with Crippen molar-refractivity contribution in [2.24, 2.45) is 0 Å². The van der Waals surface area contributed by atoms with Gasteiger partial charge in [-0.25, -0.2) is 4.68 Å².